The number of carbonyl (C=O) groups is 1. The summed E-state index contributed by atoms with van der Waals surface area (Å²) in [6.07, 6.45) is 3.94. The molecule has 0 saturated carbocycles. The molecule has 0 aromatic rings. The van der Waals surface area contributed by atoms with Gasteiger partial charge in [-0.1, -0.05) is 0 Å². The predicted molar refractivity (Wildman–Crippen MR) is 58.8 cm³/mol. The highest BCUT2D eigenvalue weighted by Gasteiger charge is 2.42. The topological polar surface area (TPSA) is 29.5 Å². The molecule has 3 heteroatoms. The maximum Gasteiger partial charge on any atom is 0.136 e. The maximum atomic E-state index is 11.4. The van der Waals surface area contributed by atoms with Gasteiger partial charge in [0, 0.05) is 37.6 Å². The molecular weight excluding hydrogens is 190 g/mol. The van der Waals surface area contributed by atoms with Gasteiger partial charge in [-0.25, -0.2) is 0 Å². The highest BCUT2D eigenvalue weighted by atomic mass is 16.5. The van der Waals surface area contributed by atoms with Crippen molar-refractivity contribution in [3.8, 4) is 0 Å². The molecule has 0 amide bonds. The number of rotatable bonds is 4. The van der Waals surface area contributed by atoms with Crippen LogP contribution in [0, 0.1) is 0 Å². The fraction of sp³-hybridized carbons (Fsp3) is 0.917. The van der Waals surface area contributed by atoms with Crippen molar-refractivity contribution < 1.29 is 9.53 Å². The third kappa shape index (κ3) is 2.23. The van der Waals surface area contributed by atoms with Crippen LogP contribution in [0.1, 0.15) is 39.5 Å². The molecule has 0 aromatic heterocycles. The Kier molecular flexibility index (Phi) is 3.42. The van der Waals surface area contributed by atoms with E-state index in [0.29, 0.717) is 23.9 Å². The Balaban J connectivity index is 1.95. The molecule has 0 N–H and O–H groups in total. The molecule has 0 radical (unpaired) electrons. The van der Waals surface area contributed by atoms with E-state index >= 15 is 0 Å². The van der Waals surface area contributed by atoms with Gasteiger partial charge in [0.05, 0.1) is 6.61 Å². The van der Waals surface area contributed by atoms with E-state index in [9.17, 15) is 4.79 Å². The van der Waals surface area contributed by atoms with E-state index in [-0.39, 0.29) is 0 Å². The van der Waals surface area contributed by atoms with Crippen molar-refractivity contribution >= 4 is 5.78 Å². The fourth-order valence-corrected chi connectivity index (χ4v) is 3.10. The van der Waals surface area contributed by atoms with Crippen molar-refractivity contribution in [2.45, 2.75) is 57.7 Å². The van der Waals surface area contributed by atoms with Gasteiger partial charge in [0.1, 0.15) is 5.78 Å². The van der Waals surface area contributed by atoms with Gasteiger partial charge >= 0.3 is 0 Å². The van der Waals surface area contributed by atoms with Crippen molar-refractivity contribution in [1.82, 2.24) is 4.90 Å². The number of nitrogens with zero attached hydrogens (tertiary/aromatic N) is 1. The highest BCUT2D eigenvalue weighted by molar-refractivity contribution is 5.81. The summed E-state index contributed by atoms with van der Waals surface area (Å²) in [6, 6.07) is 1.48. The van der Waals surface area contributed by atoms with E-state index in [1.165, 1.54) is 12.8 Å². The summed E-state index contributed by atoms with van der Waals surface area (Å²) in [5.74, 6) is 0.461. The summed E-state index contributed by atoms with van der Waals surface area (Å²) in [4.78, 5) is 14.0. The zero-order valence-corrected chi connectivity index (χ0v) is 9.74. The van der Waals surface area contributed by atoms with Gasteiger partial charge < -0.3 is 4.74 Å². The van der Waals surface area contributed by atoms with Crippen molar-refractivity contribution in [2.24, 2.45) is 0 Å². The summed E-state index contributed by atoms with van der Waals surface area (Å²) in [6.45, 7) is 5.84. The second-order valence-electron chi connectivity index (χ2n) is 4.79. The number of piperidine rings is 1. The molecule has 0 aliphatic carbocycles. The summed E-state index contributed by atoms with van der Waals surface area (Å²) in [5.41, 5.74) is 0. The van der Waals surface area contributed by atoms with Crippen LogP contribution < -0.4 is 0 Å². The third-order valence-electron chi connectivity index (χ3n) is 3.68. The molecule has 3 nitrogen and oxygen atoms in total. The molecule has 3 unspecified atom stereocenters. The number of Topliss-reactive ketones (excluding diaryl/α,β-unsaturated/α-hetero) is 1. The van der Waals surface area contributed by atoms with Crippen LogP contribution in [-0.4, -0.2) is 42.0 Å². The number of fused-ring (bicyclic) bond motifs is 2. The Hall–Kier alpha value is -0.410. The molecule has 2 bridgehead atoms. The number of ether oxygens (including phenoxy) is 1. The van der Waals surface area contributed by atoms with E-state index in [2.05, 4.69) is 11.8 Å². The maximum absolute atomic E-state index is 11.4. The Morgan fingerprint density at radius 1 is 1.40 bits per heavy atom. The van der Waals surface area contributed by atoms with Crippen LogP contribution in [0.5, 0.6) is 0 Å². The molecule has 2 aliphatic heterocycles. The minimum atomic E-state index is 0.461. The van der Waals surface area contributed by atoms with E-state index in [0.717, 1.165) is 26.1 Å². The molecule has 15 heavy (non-hydrogen) atoms. The van der Waals surface area contributed by atoms with Crippen LogP contribution >= 0.6 is 0 Å². The molecule has 2 aliphatic rings. The van der Waals surface area contributed by atoms with E-state index < -0.39 is 0 Å². The van der Waals surface area contributed by atoms with Gasteiger partial charge in [-0.05, 0) is 26.7 Å². The molecule has 86 valence electrons. The monoisotopic (exact) mass is 211 g/mol. The molecule has 0 aromatic carbocycles. The minimum absolute atomic E-state index is 0.461. The standard InChI is InChI=1S/C12H21NO2/c1-3-15-8-9(2)13-10-4-5-11(13)7-12(14)6-10/h9-11H,3-8H2,1-2H3. The Bertz CT molecular complexity index is 226. The first-order valence-electron chi connectivity index (χ1n) is 6.09. The van der Waals surface area contributed by atoms with Gasteiger partial charge in [-0.3, -0.25) is 9.69 Å². The van der Waals surface area contributed by atoms with Gasteiger partial charge in [0.25, 0.3) is 0 Å². The van der Waals surface area contributed by atoms with Crippen LogP contribution in [0.2, 0.25) is 0 Å². The van der Waals surface area contributed by atoms with Crippen LogP contribution in [0.3, 0.4) is 0 Å². The number of hydrogen-bond donors (Lipinski definition) is 0. The third-order valence-corrected chi connectivity index (χ3v) is 3.68. The molecule has 0 spiro atoms. The lowest BCUT2D eigenvalue weighted by Gasteiger charge is -2.38. The Morgan fingerprint density at radius 2 is 2.00 bits per heavy atom. The lowest BCUT2D eigenvalue weighted by Crippen LogP contribution is -2.49. The van der Waals surface area contributed by atoms with Crippen molar-refractivity contribution in [3.63, 3.8) is 0 Å². The average molecular weight is 211 g/mol. The molecule has 2 fully saturated rings. The zero-order valence-electron chi connectivity index (χ0n) is 9.74. The zero-order chi connectivity index (χ0) is 10.8. The first kappa shape index (κ1) is 11.1. The lowest BCUT2D eigenvalue weighted by atomic mass is 9.99. The van der Waals surface area contributed by atoms with Crippen molar-refractivity contribution in [1.29, 1.82) is 0 Å². The average Bonchev–Trinajstić information content (AvgIpc) is 2.48. The van der Waals surface area contributed by atoms with Gasteiger partial charge in [-0.15, -0.1) is 0 Å². The van der Waals surface area contributed by atoms with Gasteiger partial charge in [-0.2, -0.15) is 0 Å². The first-order chi connectivity index (χ1) is 7.22. The Morgan fingerprint density at radius 3 is 2.53 bits per heavy atom. The molecule has 3 atom stereocenters. The van der Waals surface area contributed by atoms with Crippen LogP contribution in [0.15, 0.2) is 0 Å². The number of carbonyl (C=O) groups excluding carboxylic acids is 1. The van der Waals surface area contributed by atoms with Gasteiger partial charge in [0.15, 0.2) is 0 Å². The fourth-order valence-electron chi connectivity index (χ4n) is 3.10. The largest absolute Gasteiger partial charge is 0.380 e. The first-order valence-corrected chi connectivity index (χ1v) is 6.09. The molecular formula is C12H21NO2. The number of ketones is 1. The normalized spacial score (nSPS) is 33.3. The van der Waals surface area contributed by atoms with Crippen LogP contribution in [0.25, 0.3) is 0 Å². The smallest absolute Gasteiger partial charge is 0.136 e. The molecule has 2 rings (SSSR count). The predicted octanol–water partition coefficient (Wildman–Crippen LogP) is 1.61. The Labute approximate surface area is 91.8 Å². The van der Waals surface area contributed by atoms with E-state index in [1.54, 1.807) is 0 Å². The summed E-state index contributed by atoms with van der Waals surface area (Å²) in [7, 11) is 0. The molecule has 2 saturated heterocycles. The van der Waals surface area contributed by atoms with Crippen molar-refractivity contribution in [3.05, 3.63) is 0 Å². The summed E-state index contributed by atoms with van der Waals surface area (Å²) in [5, 5.41) is 0. The molecule has 2 heterocycles. The SMILES string of the molecule is CCOCC(C)N1C2CCC1CC(=O)C2. The summed E-state index contributed by atoms with van der Waals surface area (Å²) >= 11 is 0. The second kappa shape index (κ2) is 4.62. The second-order valence-corrected chi connectivity index (χ2v) is 4.79. The van der Waals surface area contributed by atoms with E-state index in [4.69, 9.17) is 4.74 Å². The van der Waals surface area contributed by atoms with E-state index in [1.807, 2.05) is 6.92 Å². The summed E-state index contributed by atoms with van der Waals surface area (Å²) < 4.78 is 5.47. The van der Waals surface area contributed by atoms with Gasteiger partial charge in [0.2, 0.25) is 0 Å². The highest BCUT2D eigenvalue weighted by Crippen LogP contribution is 2.35. The lowest BCUT2D eigenvalue weighted by molar-refractivity contribution is -0.124. The number of hydrogen-bond acceptors (Lipinski definition) is 3. The van der Waals surface area contributed by atoms with Crippen LogP contribution in [0.4, 0.5) is 0 Å². The van der Waals surface area contributed by atoms with Crippen LogP contribution in [-0.2, 0) is 9.53 Å². The quantitative estimate of drug-likeness (QED) is 0.707. The minimum Gasteiger partial charge on any atom is -0.380 e. The van der Waals surface area contributed by atoms with Crippen molar-refractivity contribution in [2.75, 3.05) is 13.2 Å².